The van der Waals surface area contributed by atoms with Crippen LogP contribution in [0.5, 0.6) is 0 Å². The Labute approximate surface area is 138 Å². The molecule has 0 saturated carbocycles. The summed E-state index contributed by atoms with van der Waals surface area (Å²) in [6.45, 7) is 0.196. The van der Waals surface area contributed by atoms with Gasteiger partial charge in [-0.15, -0.1) is 0 Å². The van der Waals surface area contributed by atoms with Crippen LogP contribution >= 0.6 is 0 Å². The molecule has 122 valence electrons. The van der Waals surface area contributed by atoms with Crippen LogP contribution < -0.4 is 11.1 Å². The number of anilines is 1. The summed E-state index contributed by atoms with van der Waals surface area (Å²) in [5, 5.41) is 11.4. The number of nitrogen functional groups attached to an aromatic ring is 1. The first kappa shape index (κ1) is 16.8. The standard InChI is InChI=1S/C17H15N3O4/c18-15-13(9-14(10-20-15)16(21)22)7-4-8-19-17(23)24-11-12-5-2-1-3-6-12/h1-3,5-6,9-10H,8,11H2,(H2,18,20)(H,19,23)(H,21,22). The molecular formula is C17H15N3O4. The number of hydrogen-bond acceptors (Lipinski definition) is 5. The van der Waals surface area contributed by atoms with Crippen LogP contribution in [-0.2, 0) is 11.3 Å². The van der Waals surface area contributed by atoms with Crippen LogP contribution in [0.4, 0.5) is 10.6 Å². The molecule has 7 nitrogen and oxygen atoms in total. The number of rotatable bonds is 4. The molecule has 24 heavy (non-hydrogen) atoms. The van der Waals surface area contributed by atoms with Crippen molar-refractivity contribution in [3.8, 4) is 11.8 Å². The third kappa shape index (κ3) is 5.03. The highest BCUT2D eigenvalue weighted by Crippen LogP contribution is 2.09. The average Bonchev–Trinajstić information content (AvgIpc) is 2.59. The van der Waals surface area contributed by atoms with E-state index in [9.17, 15) is 9.59 Å². The normalized spacial score (nSPS) is 9.50. The van der Waals surface area contributed by atoms with E-state index in [-0.39, 0.29) is 30.1 Å². The maximum Gasteiger partial charge on any atom is 0.408 e. The molecular weight excluding hydrogens is 310 g/mol. The lowest BCUT2D eigenvalue weighted by molar-refractivity contribution is 0.0696. The minimum atomic E-state index is -1.12. The predicted octanol–water partition coefficient (Wildman–Crippen LogP) is 1.64. The molecule has 0 aliphatic heterocycles. The van der Waals surface area contributed by atoms with E-state index in [1.165, 1.54) is 6.07 Å². The van der Waals surface area contributed by atoms with Crippen LogP contribution in [0.15, 0.2) is 42.6 Å². The summed E-state index contributed by atoms with van der Waals surface area (Å²) >= 11 is 0. The molecule has 2 rings (SSSR count). The fraction of sp³-hybridized carbons (Fsp3) is 0.118. The number of alkyl carbamates (subject to hydrolysis) is 1. The molecule has 0 saturated heterocycles. The molecule has 1 aromatic heterocycles. The van der Waals surface area contributed by atoms with Crippen LogP contribution in [0.3, 0.4) is 0 Å². The van der Waals surface area contributed by atoms with E-state index in [1.54, 1.807) is 0 Å². The van der Waals surface area contributed by atoms with Crippen LogP contribution in [0.1, 0.15) is 21.5 Å². The van der Waals surface area contributed by atoms with Gasteiger partial charge in [-0.3, -0.25) is 0 Å². The molecule has 0 bridgehead atoms. The number of ether oxygens (including phenoxy) is 1. The Hall–Kier alpha value is -3.53. The molecule has 1 aromatic carbocycles. The summed E-state index contributed by atoms with van der Waals surface area (Å²) in [4.78, 5) is 26.2. The lowest BCUT2D eigenvalue weighted by Gasteiger charge is -2.04. The third-order valence-electron chi connectivity index (χ3n) is 2.92. The number of nitrogens with zero attached hydrogens (tertiary/aromatic N) is 1. The van der Waals surface area contributed by atoms with Gasteiger partial charge in [0.25, 0.3) is 0 Å². The Kier molecular flexibility index (Phi) is 5.75. The molecule has 0 aliphatic carbocycles. The summed E-state index contributed by atoms with van der Waals surface area (Å²) in [6.07, 6.45) is 0.556. The summed E-state index contributed by atoms with van der Waals surface area (Å²) in [6, 6.07) is 10.6. The van der Waals surface area contributed by atoms with Crippen molar-refractivity contribution in [3.63, 3.8) is 0 Å². The van der Waals surface area contributed by atoms with Gasteiger partial charge >= 0.3 is 12.1 Å². The number of nitrogens with one attached hydrogen (secondary N) is 1. The van der Waals surface area contributed by atoms with Crippen molar-refractivity contribution in [2.24, 2.45) is 0 Å². The quantitative estimate of drug-likeness (QED) is 0.736. The van der Waals surface area contributed by atoms with Gasteiger partial charge in [-0.05, 0) is 11.6 Å². The van der Waals surface area contributed by atoms with Crippen LogP contribution in [0.2, 0.25) is 0 Å². The lowest BCUT2D eigenvalue weighted by Crippen LogP contribution is -2.24. The molecule has 0 fully saturated rings. The van der Waals surface area contributed by atoms with Crippen LogP contribution in [0.25, 0.3) is 0 Å². The number of nitrogens with two attached hydrogens (primary N) is 1. The number of hydrogen-bond donors (Lipinski definition) is 3. The van der Waals surface area contributed by atoms with Crippen molar-refractivity contribution in [3.05, 3.63) is 59.3 Å². The molecule has 0 radical (unpaired) electrons. The fourth-order valence-corrected chi connectivity index (χ4v) is 1.72. The SMILES string of the molecule is Nc1ncc(C(=O)O)cc1C#CCNC(=O)OCc1ccccc1. The maximum absolute atomic E-state index is 11.5. The second kappa shape index (κ2) is 8.19. The minimum Gasteiger partial charge on any atom is -0.478 e. The molecule has 0 unspecified atom stereocenters. The van der Waals surface area contributed by atoms with Gasteiger partial charge in [0, 0.05) is 6.20 Å². The number of pyridine rings is 1. The number of aromatic nitrogens is 1. The lowest BCUT2D eigenvalue weighted by atomic mass is 10.2. The maximum atomic E-state index is 11.5. The first-order valence-electron chi connectivity index (χ1n) is 6.98. The van der Waals surface area contributed by atoms with Gasteiger partial charge in [0.15, 0.2) is 0 Å². The van der Waals surface area contributed by atoms with Crippen LogP contribution in [-0.4, -0.2) is 28.7 Å². The van der Waals surface area contributed by atoms with Crippen molar-refractivity contribution in [2.45, 2.75) is 6.61 Å². The number of carboxylic acid groups (broad SMARTS) is 1. The molecule has 7 heteroatoms. The zero-order valence-corrected chi connectivity index (χ0v) is 12.7. The van der Waals surface area contributed by atoms with E-state index in [4.69, 9.17) is 15.6 Å². The topological polar surface area (TPSA) is 115 Å². The van der Waals surface area contributed by atoms with Gasteiger partial charge in [-0.2, -0.15) is 0 Å². The van der Waals surface area contributed by atoms with Crippen molar-refractivity contribution >= 4 is 17.9 Å². The van der Waals surface area contributed by atoms with Crippen molar-refractivity contribution in [1.29, 1.82) is 0 Å². The highest BCUT2D eigenvalue weighted by Gasteiger charge is 2.06. The fourth-order valence-electron chi connectivity index (χ4n) is 1.72. The highest BCUT2D eigenvalue weighted by atomic mass is 16.5. The number of carboxylic acids is 1. The summed E-state index contributed by atoms with van der Waals surface area (Å²) in [5.41, 5.74) is 6.78. The molecule has 1 heterocycles. The second-order valence-corrected chi connectivity index (χ2v) is 4.68. The number of benzene rings is 1. The molecule has 2 aromatic rings. The van der Waals surface area contributed by atoms with Crippen molar-refractivity contribution < 1.29 is 19.4 Å². The van der Waals surface area contributed by atoms with E-state index < -0.39 is 12.1 Å². The largest absolute Gasteiger partial charge is 0.478 e. The van der Waals surface area contributed by atoms with E-state index in [1.807, 2.05) is 30.3 Å². The van der Waals surface area contributed by atoms with Crippen molar-refractivity contribution in [1.82, 2.24) is 10.3 Å². The third-order valence-corrected chi connectivity index (χ3v) is 2.92. The zero-order chi connectivity index (χ0) is 17.4. The molecule has 1 amide bonds. The van der Waals surface area contributed by atoms with Gasteiger partial charge in [0.2, 0.25) is 0 Å². The second-order valence-electron chi connectivity index (χ2n) is 4.68. The number of aromatic carboxylic acids is 1. The Morgan fingerprint density at radius 1 is 1.29 bits per heavy atom. The molecule has 0 atom stereocenters. The molecule has 0 spiro atoms. The Morgan fingerprint density at radius 3 is 2.75 bits per heavy atom. The smallest absolute Gasteiger partial charge is 0.408 e. The van der Waals surface area contributed by atoms with Gasteiger partial charge < -0.3 is 20.9 Å². The monoisotopic (exact) mass is 325 g/mol. The first-order chi connectivity index (χ1) is 11.6. The number of carbonyl (C=O) groups is 2. The predicted molar refractivity (Wildman–Crippen MR) is 87.1 cm³/mol. The minimum absolute atomic E-state index is 0.0104. The van der Waals surface area contributed by atoms with Gasteiger partial charge in [-0.1, -0.05) is 42.2 Å². The number of carbonyl (C=O) groups excluding carboxylic acids is 1. The Morgan fingerprint density at radius 2 is 2.04 bits per heavy atom. The van der Waals surface area contributed by atoms with E-state index in [0.717, 1.165) is 11.8 Å². The average molecular weight is 325 g/mol. The first-order valence-corrected chi connectivity index (χ1v) is 6.98. The zero-order valence-electron chi connectivity index (χ0n) is 12.7. The van der Waals surface area contributed by atoms with E-state index >= 15 is 0 Å². The van der Waals surface area contributed by atoms with E-state index in [0.29, 0.717) is 0 Å². The van der Waals surface area contributed by atoms with Crippen LogP contribution in [0, 0.1) is 11.8 Å². The Balaban J connectivity index is 1.84. The molecule has 0 aliphatic rings. The van der Waals surface area contributed by atoms with Gasteiger partial charge in [0.1, 0.15) is 12.4 Å². The molecule has 4 N–H and O–H groups in total. The summed E-state index contributed by atoms with van der Waals surface area (Å²) in [5.74, 6) is 4.34. The van der Waals surface area contributed by atoms with Gasteiger partial charge in [0.05, 0.1) is 17.7 Å². The summed E-state index contributed by atoms with van der Waals surface area (Å²) < 4.78 is 5.02. The highest BCUT2D eigenvalue weighted by molar-refractivity contribution is 5.88. The number of amides is 1. The van der Waals surface area contributed by atoms with Gasteiger partial charge in [-0.25, -0.2) is 14.6 Å². The van der Waals surface area contributed by atoms with E-state index in [2.05, 4.69) is 22.1 Å². The summed E-state index contributed by atoms with van der Waals surface area (Å²) in [7, 11) is 0. The Bertz CT molecular complexity index is 794. The van der Waals surface area contributed by atoms with Crippen molar-refractivity contribution in [2.75, 3.05) is 12.3 Å².